The van der Waals surface area contributed by atoms with E-state index in [1.54, 1.807) is 35.9 Å². The van der Waals surface area contributed by atoms with Crippen molar-refractivity contribution in [3.8, 4) is 5.75 Å². The van der Waals surface area contributed by atoms with E-state index < -0.39 is 0 Å². The second-order valence-corrected chi connectivity index (χ2v) is 6.89. The number of amides is 1. The molecule has 0 fully saturated rings. The van der Waals surface area contributed by atoms with Gasteiger partial charge in [0.05, 0.1) is 12.6 Å². The van der Waals surface area contributed by atoms with Gasteiger partial charge in [-0.15, -0.1) is 0 Å². The zero-order chi connectivity index (χ0) is 20.3. The van der Waals surface area contributed by atoms with Crippen LogP contribution in [-0.2, 0) is 11.2 Å². The number of carbonyl (C=O) groups excluding carboxylic acids is 2. The lowest BCUT2D eigenvalue weighted by Crippen LogP contribution is -2.36. The fourth-order valence-corrected chi connectivity index (χ4v) is 3.39. The van der Waals surface area contributed by atoms with Crippen LogP contribution in [0.5, 0.6) is 5.75 Å². The molecule has 0 aliphatic rings. The Hall–Kier alpha value is -2.83. The number of carbonyl (C=O) groups is 2. The second kappa shape index (κ2) is 8.46. The number of aromatic nitrogens is 1. The molecule has 1 heterocycles. The Morgan fingerprint density at radius 3 is 2.50 bits per heavy atom. The number of fused-ring (bicyclic) bond motifs is 1. The van der Waals surface area contributed by atoms with Crippen molar-refractivity contribution in [1.29, 1.82) is 0 Å². The van der Waals surface area contributed by atoms with E-state index in [1.807, 2.05) is 25.1 Å². The highest BCUT2D eigenvalue weighted by Crippen LogP contribution is 2.30. The summed E-state index contributed by atoms with van der Waals surface area (Å²) in [5.41, 5.74) is 8.71. The third kappa shape index (κ3) is 4.03. The number of hydrogen-bond acceptors (Lipinski definition) is 4. The highest BCUT2D eigenvalue weighted by atomic mass is 35.5. The van der Waals surface area contributed by atoms with Crippen molar-refractivity contribution < 1.29 is 14.3 Å². The van der Waals surface area contributed by atoms with E-state index in [2.05, 4.69) is 10.9 Å². The molecule has 0 spiro atoms. The minimum atomic E-state index is -0.154. The first-order chi connectivity index (χ1) is 13.4. The molecule has 0 aliphatic carbocycles. The zero-order valence-electron chi connectivity index (χ0n) is 16.0. The van der Waals surface area contributed by atoms with Gasteiger partial charge in [0.25, 0.3) is 5.91 Å². The maximum Gasteiger partial charge on any atom is 0.262 e. The van der Waals surface area contributed by atoms with Gasteiger partial charge in [0.1, 0.15) is 5.75 Å². The summed E-state index contributed by atoms with van der Waals surface area (Å²) < 4.78 is 7.07. The summed E-state index contributed by atoms with van der Waals surface area (Å²) in [6.07, 6.45) is 0.636. The smallest absolute Gasteiger partial charge is 0.262 e. The van der Waals surface area contributed by atoms with Gasteiger partial charge in [0.2, 0.25) is 5.91 Å². The highest BCUT2D eigenvalue weighted by molar-refractivity contribution is 6.30. The van der Waals surface area contributed by atoms with Crippen LogP contribution in [-0.4, -0.2) is 30.0 Å². The van der Waals surface area contributed by atoms with Crippen LogP contribution in [0.4, 0.5) is 0 Å². The summed E-state index contributed by atoms with van der Waals surface area (Å²) in [6.45, 7) is 3.90. The van der Waals surface area contributed by atoms with Crippen LogP contribution in [0.2, 0.25) is 5.02 Å². The molecule has 3 aromatic rings. The van der Waals surface area contributed by atoms with Gasteiger partial charge in [0.15, 0.2) is 0 Å². The lowest BCUT2D eigenvalue weighted by atomic mass is 10.1. The average Bonchev–Trinajstić information content (AvgIpc) is 2.95. The molecule has 0 bridgehead atoms. The van der Waals surface area contributed by atoms with Gasteiger partial charge in [-0.1, -0.05) is 11.6 Å². The lowest BCUT2D eigenvalue weighted by molar-refractivity contribution is -0.119. The molecule has 6 nitrogen and oxygen atoms in total. The van der Waals surface area contributed by atoms with Crippen LogP contribution in [0.15, 0.2) is 42.5 Å². The minimum absolute atomic E-state index is 0.120. The number of nitrogens with one attached hydrogen (secondary N) is 2. The number of benzene rings is 2. The molecule has 0 radical (unpaired) electrons. The molecule has 0 aliphatic heterocycles. The van der Waals surface area contributed by atoms with Crippen molar-refractivity contribution in [1.82, 2.24) is 15.4 Å². The van der Waals surface area contributed by atoms with Crippen LogP contribution in [0.3, 0.4) is 0 Å². The maximum atomic E-state index is 13.2. The number of hydrazine groups is 1. The van der Waals surface area contributed by atoms with Gasteiger partial charge in [-0.3, -0.25) is 19.6 Å². The summed E-state index contributed by atoms with van der Waals surface area (Å²) in [4.78, 5) is 24.2. The SMILES string of the molecule is COc1ccc2c(c1)c(CCNNC(C)=O)c(C)n2C(=O)c1ccc(Cl)cc1. The Morgan fingerprint density at radius 1 is 1.14 bits per heavy atom. The van der Waals surface area contributed by atoms with Crippen molar-refractivity contribution in [2.45, 2.75) is 20.3 Å². The van der Waals surface area contributed by atoms with E-state index in [9.17, 15) is 9.59 Å². The normalized spacial score (nSPS) is 10.9. The van der Waals surface area contributed by atoms with E-state index in [0.29, 0.717) is 23.6 Å². The fourth-order valence-electron chi connectivity index (χ4n) is 3.26. The van der Waals surface area contributed by atoms with Crippen LogP contribution in [0, 0.1) is 6.92 Å². The summed E-state index contributed by atoms with van der Waals surface area (Å²) in [7, 11) is 1.61. The molecule has 1 amide bonds. The first-order valence-electron chi connectivity index (χ1n) is 8.90. The molecule has 3 rings (SSSR count). The fraction of sp³-hybridized carbons (Fsp3) is 0.238. The van der Waals surface area contributed by atoms with Gasteiger partial charge in [0, 0.05) is 35.1 Å². The third-order valence-corrected chi connectivity index (χ3v) is 4.85. The molecule has 7 heteroatoms. The number of ether oxygens (including phenoxy) is 1. The van der Waals surface area contributed by atoms with Gasteiger partial charge < -0.3 is 4.74 Å². The van der Waals surface area contributed by atoms with E-state index >= 15 is 0 Å². The predicted octanol–water partition coefficient (Wildman–Crippen LogP) is 3.48. The Balaban J connectivity index is 2.04. The topological polar surface area (TPSA) is 72.4 Å². The van der Waals surface area contributed by atoms with E-state index in [0.717, 1.165) is 27.9 Å². The summed E-state index contributed by atoms with van der Waals surface area (Å²) in [6, 6.07) is 12.5. The first-order valence-corrected chi connectivity index (χ1v) is 9.27. The number of rotatable bonds is 6. The number of methoxy groups -OCH3 is 1. The molecular weight excluding hydrogens is 378 g/mol. The van der Waals surface area contributed by atoms with Crippen LogP contribution in [0.25, 0.3) is 10.9 Å². The maximum absolute atomic E-state index is 13.2. The summed E-state index contributed by atoms with van der Waals surface area (Å²) in [5.74, 6) is 0.448. The van der Waals surface area contributed by atoms with Gasteiger partial charge in [-0.2, -0.15) is 0 Å². The van der Waals surface area contributed by atoms with Crippen molar-refractivity contribution >= 4 is 34.3 Å². The number of nitrogens with zero attached hydrogens (tertiary/aromatic N) is 1. The quantitative estimate of drug-likeness (QED) is 0.491. The summed E-state index contributed by atoms with van der Waals surface area (Å²) >= 11 is 5.95. The first kappa shape index (κ1) is 19.9. The standard InChI is InChI=1S/C21H22ClN3O3/c1-13-18(10-11-23-24-14(2)26)19-12-17(28-3)8-9-20(19)25(13)21(27)15-4-6-16(22)7-5-15/h4-9,12,23H,10-11H2,1-3H3,(H,24,26). The van der Waals surface area contributed by atoms with Gasteiger partial charge >= 0.3 is 0 Å². The molecule has 28 heavy (non-hydrogen) atoms. The molecule has 0 atom stereocenters. The number of halogens is 1. The molecule has 1 aromatic heterocycles. The van der Waals surface area contributed by atoms with E-state index in [4.69, 9.17) is 16.3 Å². The largest absolute Gasteiger partial charge is 0.497 e. The number of hydrogen-bond donors (Lipinski definition) is 2. The van der Waals surface area contributed by atoms with E-state index in [-0.39, 0.29) is 11.8 Å². The van der Waals surface area contributed by atoms with Crippen molar-refractivity contribution in [2.24, 2.45) is 0 Å². The van der Waals surface area contributed by atoms with Crippen molar-refractivity contribution in [3.05, 3.63) is 64.3 Å². The molecule has 146 valence electrons. The van der Waals surface area contributed by atoms with Crippen molar-refractivity contribution in [2.75, 3.05) is 13.7 Å². The van der Waals surface area contributed by atoms with Crippen LogP contribution >= 0.6 is 11.6 Å². The molecule has 0 saturated carbocycles. The van der Waals surface area contributed by atoms with Gasteiger partial charge in [-0.25, -0.2) is 5.43 Å². The summed E-state index contributed by atoms with van der Waals surface area (Å²) in [5, 5.41) is 1.53. The molecule has 2 N–H and O–H groups in total. The molecule has 0 saturated heterocycles. The van der Waals surface area contributed by atoms with Crippen molar-refractivity contribution in [3.63, 3.8) is 0 Å². The van der Waals surface area contributed by atoms with Gasteiger partial charge in [-0.05, 0) is 61.4 Å². The Morgan fingerprint density at radius 2 is 1.86 bits per heavy atom. The molecule has 0 unspecified atom stereocenters. The van der Waals surface area contributed by atoms with E-state index in [1.165, 1.54) is 6.92 Å². The minimum Gasteiger partial charge on any atom is -0.497 e. The highest BCUT2D eigenvalue weighted by Gasteiger charge is 2.20. The monoisotopic (exact) mass is 399 g/mol. The van der Waals surface area contributed by atoms with Crippen LogP contribution in [0.1, 0.15) is 28.5 Å². The Labute approximate surface area is 168 Å². The van der Waals surface area contributed by atoms with Crippen LogP contribution < -0.4 is 15.6 Å². The zero-order valence-corrected chi connectivity index (χ0v) is 16.8. The average molecular weight is 400 g/mol. The molecular formula is C21H22ClN3O3. The predicted molar refractivity (Wildman–Crippen MR) is 110 cm³/mol. The lowest BCUT2D eigenvalue weighted by Gasteiger charge is -2.08. The molecule has 2 aromatic carbocycles. The Kier molecular flexibility index (Phi) is 6.02. The third-order valence-electron chi connectivity index (χ3n) is 4.60. The second-order valence-electron chi connectivity index (χ2n) is 6.45. The Bertz CT molecular complexity index is 1030.